The van der Waals surface area contributed by atoms with Crippen LogP contribution in [0.4, 0.5) is 0 Å². The molecule has 0 aromatic heterocycles. The van der Waals surface area contributed by atoms with E-state index in [9.17, 15) is 34.8 Å². The lowest BCUT2D eigenvalue weighted by Gasteiger charge is -2.38. The highest BCUT2D eigenvalue weighted by molar-refractivity contribution is 5.97. The zero-order valence-electron chi connectivity index (χ0n) is 18.2. The van der Waals surface area contributed by atoms with E-state index in [1.54, 1.807) is 0 Å². The van der Waals surface area contributed by atoms with Gasteiger partial charge in [-0.1, -0.05) is 12.5 Å². The first-order chi connectivity index (χ1) is 15.6. The largest absolute Gasteiger partial charge is 0.479 e. The van der Waals surface area contributed by atoms with Crippen molar-refractivity contribution < 1.29 is 49.0 Å². The second kappa shape index (κ2) is 12.5. The van der Waals surface area contributed by atoms with Crippen molar-refractivity contribution in [1.82, 2.24) is 5.32 Å². The topological polar surface area (TPSA) is 198 Å². The molecule has 184 valence electrons. The Hall–Kier alpha value is -2.77. The van der Waals surface area contributed by atoms with Crippen molar-refractivity contribution in [2.24, 2.45) is 5.73 Å². The molecule has 7 N–H and O–H groups in total. The molecule has 12 nitrogen and oxygen atoms in total. The minimum Gasteiger partial charge on any atom is -0.479 e. The number of aliphatic carboxylic acids is 1. The fourth-order valence-electron chi connectivity index (χ4n) is 3.15. The van der Waals surface area contributed by atoms with Gasteiger partial charge in [-0.3, -0.25) is 9.59 Å². The second-order valence-corrected chi connectivity index (χ2v) is 7.57. The summed E-state index contributed by atoms with van der Waals surface area (Å²) in [6, 6.07) is 4.29. The molecule has 1 amide bonds. The first-order valence-corrected chi connectivity index (χ1v) is 10.5. The number of hydrogen-bond acceptors (Lipinski definition) is 10. The number of nitrogens with two attached hydrogens (primary N) is 1. The summed E-state index contributed by atoms with van der Waals surface area (Å²) in [6.45, 7) is 2.06. The fourth-order valence-corrected chi connectivity index (χ4v) is 3.15. The molecule has 1 saturated heterocycles. The molecule has 1 aromatic rings. The van der Waals surface area contributed by atoms with Crippen LogP contribution in [0.25, 0.3) is 0 Å². The van der Waals surface area contributed by atoms with E-state index in [1.165, 1.54) is 25.1 Å². The standard InChI is InChI=1S/C21H30N2O10/c1-11(24)31-10-12-5-6-14(13(9-12)19(28)23-8-4-2-3-7-22)32-21-17(27)15(25)16(26)18(33-21)20(29)30/h5-6,9,15-18,21,25-27H,2-4,7-8,10,22H2,1H3,(H,23,28)(H,29,30)/t15-,16-,17+,18-,21-/m0/s1. The first kappa shape index (κ1) is 26.5. The van der Waals surface area contributed by atoms with Crippen molar-refractivity contribution in [3.63, 3.8) is 0 Å². The number of rotatable bonds is 11. The fraction of sp³-hybridized carbons (Fsp3) is 0.571. The lowest BCUT2D eigenvalue weighted by molar-refractivity contribution is -0.271. The van der Waals surface area contributed by atoms with Crippen molar-refractivity contribution >= 4 is 17.8 Å². The van der Waals surface area contributed by atoms with E-state index in [2.05, 4.69) is 5.32 Å². The smallest absolute Gasteiger partial charge is 0.335 e. The van der Waals surface area contributed by atoms with Gasteiger partial charge in [0.25, 0.3) is 5.91 Å². The Morgan fingerprint density at radius 3 is 2.45 bits per heavy atom. The molecule has 1 aliphatic rings. The molecule has 1 heterocycles. The minimum atomic E-state index is -1.88. The number of amides is 1. The average molecular weight is 470 g/mol. The molecule has 33 heavy (non-hydrogen) atoms. The summed E-state index contributed by atoms with van der Waals surface area (Å²) in [4.78, 5) is 35.2. The molecule has 1 fully saturated rings. The number of carboxylic acid groups (broad SMARTS) is 1. The van der Waals surface area contributed by atoms with E-state index in [-0.39, 0.29) is 17.9 Å². The van der Waals surface area contributed by atoms with Crippen molar-refractivity contribution in [2.75, 3.05) is 13.1 Å². The van der Waals surface area contributed by atoms with Crippen LogP contribution < -0.4 is 15.8 Å². The van der Waals surface area contributed by atoms with Crippen molar-refractivity contribution in [1.29, 1.82) is 0 Å². The summed E-state index contributed by atoms with van der Waals surface area (Å²) in [7, 11) is 0. The van der Waals surface area contributed by atoms with E-state index in [4.69, 9.17) is 19.9 Å². The van der Waals surface area contributed by atoms with Gasteiger partial charge in [0.1, 0.15) is 30.7 Å². The molecule has 0 bridgehead atoms. The molecule has 1 aromatic carbocycles. The number of nitrogens with one attached hydrogen (secondary N) is 1. The third kappa shape index (κ3) is 7.37. The number of carbonyl (C=O) groups excluding carboxylic acids is 2. The van der Waals surface area contributed by atoms with E-state index in [0.717, 1.165) is 12.8 Å². The minimum absolute atomic E-state index is 0.0155. The lowest BCUT2D eigenvalue weighted by Crippen LogP contribution is -2.61. The summed E-state index contributed by atoms with van der Waals surface area (Å²) in [5.74, 6) is -2.66. The summed E-state index contributed by atoms with van der Waals surface area (Å²) >= 11 is 0. The molecule has 5 atom stereocenters. The Morgan fingerprint density at radius 2 is 1.82 bits per heavy atom. The number of esters is 1. The van der Waals surface area contributed by atoms with Gasteiger partial charge in [0, 0.05) is 13.5 Å². The molecular weight excluding hydrogens is 440 g/mol. The van der Waals surface area contributed by atoms with Gasteiger partial charge in [-0.2, -0.15) is 0 Å². The van der Waals surface area contributed by atoms with Crippen molar-refractivity contribution in [2.45, 2.75) is 63.5 Å². The van der Waals surface area contributed by atoms with Crippen LogP contribution in [0, 0.1) is 0 Å². The highest BCUT2D eigenvalue weighted by Crippen LogP contribution is 2.28. The number of benzene rings is 1. The molecule has 0 aliphatic carbocycles. The highest BCUT2D eigenvalue weighted by Gasteiger charge is 2.48. The first-order valence-electron chi connectivity index (χ1n) is 10.5. The van der Waals surface area contributed by atoms with Gasteiger partial charge in [-0.25, -0.2) is 4.79 Å². The monoisotopic (exact) mass is 470 g/mol. The Kier molecular flexibility index (Phi) is 10.0. The molecule has 0 saturated carbocycles. The maximum absolute atomic E-state index is 12.8. The van der Waals surface area contributed by atoms with Crippen LogP contribution in [0.15, 0.2) is 18.2 Å². The predicted octanol–water partition coefficient (Wildman–Crippen LogP) is -1.12. The zero-order chi connectivity index (χ0) is 24.5. The third-order valence-corrected chi connectivity index (χ3v) is 4.95. The normalized spacial score (nSPS) is 24.7. The van der Waals surface area contributed by atoms with E-state index < -0.39 is 48.6 Å². The maximum Gasteiger partial charge on any atom is 0.335 e. The van der Waals surface area contributed by atoms with Crippen LogP contribution in [-0.2, 0) is 25.7 Å². The van der Waals surface area contributed by atoms with E-state index in [1.807, 2.05) is 0 Å². The number of unbranched alkanes of at least 4 members (excludes halogenated alkanes) is 2. The Bertz CT molecular complexity index is 833. The highest BCUT2D eigenvalue weighted by atomic mass is 16.7. The van der Waals surface area contributed by atoms with E-state index in [0.29, 0.717) is 25.1 Å². The number of aliphatic hydroxyl groups is 3. The SMILES string of the molecule is CC(=O)OCc1ccc(O[C@H]2O[C@H](C(=O)O)[C@@H](O)[C@H](O)[C@H]2O)c(C(=O)NCCCCCN)c1. The third-order valence-electron chi connectivity index (χ3n) is 4.95. The number of aliphatic hydroxyl groups excluding tert-OH is 3. The van der Waals surface area contributed by atoms with Gasteiger partial charge in [0.2, 0.25) is 6.29 Å². The van der Waals surface area contributed by atoms with Crippen molar-refractivity contribution in [3.8, 4) is 5.75 Å². The number of carbonyl (C=O) groups is 3. The summed E-state index contributed by atoms with van der Waals surface area (Å²) in [5, 5.41) is 41.9. The van der Waals surface area contributed by atoms with Gasteiger partial charge in [0.05, 0.1) is 5.56 Å². The summed E-state index contributed by atoms with van der Waals surface area (Å²) in [5.41, 5.74) is 5.95. The van der Waals surface area contributed by atoms with Crippen LogP contribution in [0.3, 0.4) is 0 Å². The van der Waals surface area contributed by atoms with Gasteiger partial charge < -0.3 is 45.7 Å². The predicted molar refractivity (Wildman–Crippen MR) is 112 cm³/mol. The Labute approximate surface area is 190 Å². The zero-order valence-corrected chi connectivity index (χ0v) is 18.2. The Balaban J connectivity index is 2.23. The summed E-state index contributed by atoms with van der Waals surface area (Å²) < 4.78 is 15.6. The molecule has 12 heteroatoms. The molecule has 0 radical (unpaired) electrons. The number of ether oxygens (including phenoxy) is 3. The van der Waals surface area contributed by atoms with Crippen LogP contribution in [-0.4, -0.2) is 82.1 Å². The maximum atomic E-state index is 12.8. The Morgan fingerprint density at radius 1 is 1.09 bits per heavy atom. The van der Waals surface area contributed by atoms with E-state index >= 15 is 0 Å². The van der Waals surface area contributed by atoms with Crippen LogP contribution >= 0.6 is 0 Å². The van der Waals surface area contributed by atoms with Gasteiger partial charge in [-0.05, 0) is 37.1 Å². The number of hydrogen-bond donors (Lipinski definition) is 6. The molecule has 1 aliphatic heterocycles. The van der Waals surface area contributed by atoms with Crippen molar-refractivity contribution in [3.05, 3.63) is 29.3 Å². The van der Waals surface area contributed by atoms with Crippen LogP contribution in [0.5, 0.6) is 5.75 Å². The summed E-state index contributed by atoms with van der Waals surface area (Å²) in [6.07, 6.45) is -6.71. The quantitative estimate of drug-likeness (QED) is 0.169. The van der Waals surface area contributed by atoms with Crippen LogP contribution in [0.2, 0.25) is 0 Å². The van der Waals surface area contributed by atoms with Gasteiger partial charge in [0.15, 0.2) is 6.10 Å². The van der Waals surface area contributed by atoms with Gasteiger partial charge >= 0.3 is 11.9 Å². The molecule has 0 spiro atoms. The molecular formula is C21H30N2O10. The lowest BCUT2D eigenvalue weighted by atomic mass is 9.99. The van der Waals surface area contributed by atoms with Crippen LogP contribution in [0.1, 0.15) is 42.1 Å². The average Bonchev–Trinajstić information content (AvgIpc) is 2.78. The second-order valence-electron chi connectivity index (χ2n) is 7.57. The molecule has 0 unspecified atom stereocenters. The number of carboxylic acids is 1. The van der Waals surface area contributed by atoms with Gasteiger partial charge in [-0.15, -0.1) is 0 Å². The molecule has 2 rings (SSSR count).